The van der Waals surface area contributed by atoms with Crippen molar-refractivity contribution in [2.45, 2.75) is 83.5 Å². The Bertz CT molecular complexity index is 244. The molecular formula is C18H30. The van der Waals surface area contributed by atoms with E-state index in [-0.39, 0.29) is 0 Å². The summed E-state index contributed by atoms with van der Waals surface area (Å²) in [6, 6.07) is 0. The third-order valence-electron chi connectivity index (χ3n) is 4.75. The second-order valence-electron chi connectivity index (χ2n) is 6.34. The van der Waals surface area contributed by atoms with Crippen LogP contribution in [-0.4, -0.2) is 0 Å². The molecule has 1 fully saturated rings. The topological polar surface area (TPSA) is 0 Å². The van der Waals surface area contributed by atoms with Crippen molar-refractivity contribution in [2.24, 2.45) is 5.41 Å². The highest BCUT2D eigenvalue weighted by Crippen LogP contribution is 2.38. The molecule has 2 aliphatic carbocycles. The van der Waals surface area contributed by atoms with Gasteiger partial charge in [0.2, 0.25) is 0 Å². The van der Waals surface area contributed by atoms with Gasteiger partial charge in [-0.25, -0.2) is 0 Å². The summed E-state index contributed by atoms with van der Waals surface area (Å²) in [5.74, 6) is 0. The van der Waals surface area contributed by atoms with E-state index in [9.17, 15) is 0 Å². The Labute approximate surface area is 114 Å². The van der Waals surface area contributed by atoms with Crippen LogP contribution >= 0.6 is 0 Å². The van der Waals surface area contributed by atoms with Crippen LogP contribution in [0.3, 0.4) is 0 Å². The van der Waals surface area contributed by atoms with Gasteiger partial charge in [-0.3, -0.25) is 0 Å². The quantitative estimate of drug-likeness (QED) is 0.478. The number of allylic oxidation sites excluding steroid dienone is 4. The Morgan fingerprint density at radius 1 is 0.444 bits per heavy atom. The number of rotatable bonds is 0. The Morgan fingerprint density at radius 2 is 0.778 bits per heavy atom. The molecule has 0 aliphatic heterocycles. The van der Waals surface area contributed by atoms with E-state index in [1.807, 2.05) is 0 Å². The summed E-state index contributed by atoms with van der Waals surface area (Å²) in [4.78, 5) is 0. The summed E-state index contributed by atoms with van der Waals surface area (Å²) in [6.07, 6.45) is 28.3. The van der Waals surface area contributed by atoms with Crippen LogP contribution in [0.1, 0.15) is 83.5 Å². The molecule has 0 saturated heterocycles. The minimum absolute atomic E-state index is 0.449. The van der Waals surface area contributed by atoms with Crippen LogP contribution in [-0.2, 0) is 0 Å². The van der Waals surface area contributed by atoms with E-state index in [1.165, 1.54) is 83.5 Å². The lowest BCUT2D eigenvalue weighted by atomic mass is 9.79. The van der Waals surface area contributed by atoms with Crippen LogP contribution in [0.4, 0.5) is 0 Å². The first-order chi connectivity index (χ1) is 8.91. The van der Waals surface area contributed by atoms with Gasteiger partial charge in [0.15, 0.2) is 0 Å². The van der Waals surface area contributed by atoms with Gasteiger partial charge in [-0.1, -0.05) is 94.9 Å². The summed E-state index contributed by atoms with van der Waals surface area (Å²) in [5, 5.41) is 0. The Morgan fingerprint density at radius 3 is 1.17 bits per heavy atom. The molecule has 0 nitrogen and oxygen atoms in total. The molecule has 0 aromatic heterocycles. The van der Waals surface area contributed by atoms with E-state index < -0.39 is 0 Å². The van der Waals surface area contributed by atoms with Crippen molar-refractivity contribution in [3.8, 4) is 0 Å². The third kappa shape index (κ3) is 4.63. The largest absolute Gasteiger partial charge is 0.0745 e. The second-order valence-corrected chi connectivity index (χ2v) is 6.34. The standard InChI is InChI=1S/C18H30/c1-2-4-6-8-10-14-18(16-12-13-17-18)15-11-9-7-5-3-1/h12-13,16-17H,1-11,14-15H2. The monoisotopic (exact) mass is 246 g/mol. The van der Waals surface area contributed by atoms with Crippen molar-refractivity contribution in [3.05, 3.63) is 24.3 Å². The summed E-state index contributed by atoms with van der Waals surface area (Å²) < 4.78 is 0. The zero-order chi connectivity index (χ0) is 12.5. The van der Waals surface area contributed by atoms with Crippen LogP contribution in [0, 0.1) is 5.41 Å². The van der Waals surface area contributed by atoms with E-state index in [0.29, 0.717) is 5.41 Å². The maximum atomic E-state index is 2.47. The van der Waals surface area contributed by atoms with Crippen molar-refractivity contribution < 1.29 is 0 Å². The fourth-order valence-electron chi connectivity index (χ4n) is 3.51. The third-order valence-corrected chi connectivity index (χ3v) is 4.75. The normalized spacial score (nSPS) is 26.2. The lowest BCUT2D eigenvalue weighted by Gasteiger charge is -2.25. The van der Waals surface area contributed by atoms with Crippen LogP contribution in [0.2, 0.25) is 0 Å². The van der Waals surface area contributed by atoms with Crippen LogP contribution < -0.4 is 0 Å². The maximum Gasteiger partial charge on any atom is 0.00671 e. The predicted octanol–water partition coefficient (Wildman–Crippen LogP) is 6.18. The van der Waals surface area contributed by atoms with E-state index >= 15 is 0 Å². The Kier molecular flexibility index (Phi) is 6.04. The molecule has 0 amide bonds. The highest BCUT2D eigenvalue weighted by atomic mass is 14.3. The predicted molar refractivity (Wildman–Crippen MR) is 80.7 cm³/mol. The molecule has 0 bridgehead atoms. The van der Waals surface area contributed by atoms with Gasteiger partial charge in [-0.15, -0.1) is 0 Å². The summed E-state index contributed by atoms with van der Waals surface area (Å²) in [7, 11) is 0. The average Bonchev–Trinajstić information content (AvgIpc) is 2.84. The number of hydrogen-bond acceptors (Lipinski definition) is 0. The van der Waals surface area contributed by atoms with Gasteiger partial charge in [0, 0.05) is 5.41 Å². The molecule has 0 heterocycles. The van der Waals surface area contributed by atoms with Crippen molar-refractivity contribution in [2.75, 3.05) is 0 Å². The lowest BCUT2D eigenvalue weighted by molar-refractivity contribution is 0.371. The van der Waals surface area contributed by atoms with Crippen molar-refractivity contribution in [3.63, 3.8) is 0 Å². The first kappa shape index (κ1) is 13.9. The molecule has 1 saturated carbocycles. The molecule has 2 aliphatic rings. The highest BCUT2D eigenvalue weighted by Gasteiger charge is 2.24. The summed E-state index contributed by atoms with van der Waals surface area (Å²) >= 11 is 0. The summed E-state index contributed by atoms with van der Waals surface area (Å²) in [6.45, 7) is 0. The highest BCUT2D eigenvalue weighted by molar-refractivity contribution is 5.24. The average molecular weight is 246 g/mol. The van der Waals surface area contributed by atoms with Crippen molar-refractivity contribution in [1.29, 1.82) is 0 Å². The second kappa shape index (κ2) is 7.81. The molecule has 0 N–H and O–H groups in total. The molecule has 0 unspecified atom stereocenters. The van der Waals surface area contributed by atoms with Crippen LogP contribution in [0.25, 0.3) is 0 Å². The zero-order valence-electron chi connectivity index (χ0n) is 12.0. The first-order valence-electron chi connectivity index (χ1n) is 8.28. The van der Waals surface area contributed by atoms with E-state index in [4.69, 9.17) is 0 Å². The lowest BCUT2D eigenvalue weighted by Crippen LogP contribution is -2.13. The van der Waals surface area contributed by atoms with Gasteiger partial charge in [-0.2, -0.15) is 0 Å². The zero-order valence-corrected chi connectivity index (χ0v) is 12.0. The maximum absolute atomic E-state index is 2.47. The first-order valence-corrected chi connectivity index (χ1v) is 8.28. The van der Waals surface area contributed by atoms with Gasteiger partial charge in [-0.05, 0) is 12.8 Å². The van der Waals surface area contributed by atoms with Gasteiger partial charge in [0.05, 0.1) is 0 Å². The van der Waals surface area contributed by atoms with Crippen LogP contribution in [0.5, 0.6) is 0 Å². The van der Waals surface area contributed by atoms with Gasteiger partial charge >= 0.3 is 0 Å². The fourth-order valence-corrected chi connectivity index (χ4v) is 3.51. The molecule has 0 atom stereocenters. The fraction of sp³-hybridized carbons (Fsp3) is 0.778. The molecular weight excluding hydrogens is 216 g/mol. The molecule has 0 heteroatoms. The van der Waals surface area contributed by atoms with Crippen LogP contribution in [0.15, 0.2) is 24.3 Å². The molecule has 102 valence electrons. The van der Waals surface area contributed by atoms with Gasteiger partial charge in [0.1, 0.15) is 0 Å². The van der Waals surface area contributed by atoms with Gasteiger partial charge in [0.25, 0.3) is 0 Å². The number of hydrogen-bond donors (Lipinski definition) is 0. The molecule has 0 aromatic carbocycles. The van der Waals surface area contributed by atoms with Crippen molar-refractivity contribution in [1.82, 2.24) is 0 Å². The molecule has 1 spiro atoms. The van der Waals surface area contributed by atoms with Crippen molar-refractivity contribution >= 4 is 0 Å². The van der Waals surface area contributed by atoms with E-state index in [2.05, 4.69) is 24.3 Å². The molecule has 0 radical (unpaired) electrons. The van der Waals surface area contributed by atoms with E-state index in [0.717, 1.165) is 0 Å². The molecule has 2 rings (SSSR count). The Balaban J connectivity index is 1.80. The molecule has 0 aromatic rings. The van der Waals surface area contributed by atoms with E-state index in [1.54, 1.807) is 0 Å². The SMILES string of the molecule is C1=CC2(C=C1)CCCCCCCCCCCCC2. The summed E-state index contributed by atoms with van der Waals surface area (Å²) in [5.41, 5.74) is 0.449. The Hall–Kier alpha value is -0.520. The minimum Gasteiger partial charge on any atom is -0.0745 e. The molecule has 18 heavy (non-hydrogen) atoms. The van der Waals surface area contributed by atoms with Gasteiger partial charge < -0.3 is 0 Å². The smallest absolute Gasteiger partial charge is 0.00671 e. The minimum atomic E-state index is 0.449.